The second-order valence-corrected chi connectivity index (χ2v) is 7.77. The van der Waals surface area contributed by atoms with Crippen LogP contribution in [0.2, 0.25) is 0 Å². The van der Waals surface area contributed by atoms with Crippen molar-refractivity contribution in [2.24, 2.45) is 0 Å². The summed E-state index contributed by atoms with van der Waals surface area (Å²) in [5, 5.41) is 11.4. The van der Waals surface area contributed by atoms with Crippen molar-refractivity contribution >= 4 is 23.1 Å². The molecule has 7 heteroatoms. The second-order valence-electron chi connectivity index (χ2n) is 7.77. The summed E-state index contributed by atoms with van der Waals surface area (Å²) in [5.41, 5.74) is 2.31. The molecular weight excluding hydrogens is 432 g/mol. The summed E-state index contributed by atoms with van der Waals surface area (Å²) in [5.74, 6) is -0.862. The summed E-state index contributed by atoms with van der Waals surface area (Å²) in [6.45, 7) is 6.38. The predicted molar refractivity (Wildman–Crippen MR) is 129 cm³/mol. The number of amides is 1. The Morgan fingerprint density at radius 2 is 1.79 bits per heavy atom. The number of hydrogen-bond donors (Lipinski definition) is 1. The number of Topliss-reactive ketones (excluding diaryl/α,β-unsaturated/α-hetero) is 1. The van der Waals surface area contributed by atoms with Crippen LogP contribution in [-0.2, 0) is 9.59 Å². The Morgan fingerprint density at radius 3 is 2.47 bits per heavy atom. The summed E-state index contributed by atoms with van der Waals surface area (Å²) >= 11 is 0. The number of aryl methyl sites for hydroxylation is 1. The molecule has 1 atom stereocenters. The monoisotopic (exact) mass is 458 g/mol. The standard InChI is InChI=1S/C27H26N2O5/c1-4-33-19-12-13-20(22(15-19)34-5-2)25(30)23-24(18-10-8-14-28-16-18)29(27(32)26(23)31)21-11-7-6-9-17(21)3/h6-16,24,30H,4-5H2,1-3H3/b25-23-. The van der Waals surface area contributed by atoms with Gasteiger partial charge in [0.2, 0.25) is 0 Å². The normalized spacial score (nSPS) is 17.1. The molecule has 1 aliphatic heterocycles. The molecule has 4 rings (SSSR count). The van der Waals surface area contributed by atoms with Gasteiger partial charge in [0.15, 0.2) is 0 Å². The van der Waals surface area contributed by atoms with E-state index in [-0.39, 0.29) is 11.3 Å². The zero-order chi connectivity index (χ0) is 24.2. The van der Waals surface area contributed by atoms with Crippen LogP contribution < -0.4 is 14.4 Å². The van der Waals surface area contributed by atoms with Gasteiger partial charge in [-0.05, 0) is 56.2 Å². The SMILES string of the molecule is CCOc1ccc(/C(O)=C2/C(=O)C(=O)N(c3ccccc3C)C2c2cccnc2)c(OCC)c1. The van der Waals surface area contributed by atoms with Crippen LogP contribution in [0.5, 0.6) is 11.5 Å². The first kappa shape index (κ1) is 23.0. The largest absolute Gasteiger partial charge is 0.507 e. The zero-order valence-corrected chi connectivity index (χ0v) is 19.3. The van der Waals surface area contributed by atoms with Gasteiger partial charge >= 0.3 is 0 Å². The van der Waals surface area contributed by atoms with Crippen LogP contribution in [0.3, 0.4) is 0 Å². The van der Waals surface area contributed by atoms with Gasteiger partial charge in [-0.2, -0.15) is 0 Å². The van der Waals surface area contributed by atoms with Gasteiger partial charge < -0.3 is 14.6 Å². The van der Waals surface area contributed by atoms with Gasteiger partial charge in [0.1, 0.15) is 17.3 Å². The number of hydrogen-bond acceptors (Lipinski definition) is 6. The molecule has 1 N–H and O–H groups in total. The first-order valence-electron chi connectivity index (χ1n) is 11.1. The fourth-order valence-electron chi connectivity index (χ4n) is 4.14. The molecule has 3 aromatic rings. The van der Waals surface area contributed by atoms with Crippen molar-refractivity contribution in [3.05, 3.63) is 89.3 Å². The summed E-state index contributed by atoms with van der Waals surface area (Å²) in [4.78, 5) is 32.2. The fraction of sp³-hybridized carbons (Fsp3) is 0.222. The van der Waals surface area contributed by atoms with Gasteiger partial charge in [-0.3, -0.25) is 19.5 Å². The van der Waals surface area contributed by atoms with Crippen molar-refractivity contribution in [2.75, 3.05) is 18.1 Å². The number of carbonyl (C=O) groups is 2. The van der Waals surface area contributed by atoms with E-state index >= 15 is 0 Å². The van der Waals surface area contributed by atoms with Gasteiger partial charge in [-0.15, -0.1) is 0 Å². The van der Waals surface area contributed by atoms with Gasteiger partial charge in [0, 0.05) is 24.1 Å². The molecule has 0 radical (unpaired) electrons. The number of benzene rings is 2. The molecule has 2 aromatic carbocycles. The van der Waals surface area contributed by atoms with Crippen molar-refractivity contribution in [3.8, 4) is 11.5 Å². The van der Waals surface area contributed by atoms with Crippen molar-refractivity contribution < 1.29 is 24.2 Å². The van der Waals surface area contributed by atoms with E-state index in [0.717, 1.165) is 5.56 Å². The van der Waals surface area contributed by atoms with Crippen molar-refractivity contribution in [3.63, 3.8) is 0 Å². The van der Waals surface area contributed by atoms with Crippen LogP contribution in [0.25, 0.3) is 5.76 Å². The molecule has 1 saturated heterocycles. The van der Waals surface area contributed by atoms with E-state index in [4.69, 9.17) is 9.47 Å². The Balaban J connectivity index is 1.94. The quantitative estimate of drug-likeness (QED) is 0.310. The van der Waals surface area contributed by atoms with Crippen molar-refractivity contribution in [1.29, 1.82) is 0 Å². The highest BCUT2D eigenvalue weighted by atomic mass is 16.5. The summed E-state index contributed by atoms with van der Waals surface area (Å²) < 4.78 is 11.3. The number of para-hydroxylation sites is 1. The molecule has 0 aliphatic carbocycles. The lowest BCUT2D eigenvalue weighted by Crippen LogP contribution is -2.30. The average molecular weight is 459 g/mol. The maximum Gasteiger partial charge on any atom is 0.300 e. The number of aliphatic hydroxyl groups is 1. The molecule has 34 heavy (non-hydrogen) atoms. The van der Waals surface area contributed by atoms with E-state index in [9.17, 15) is 14.7 Å². The van der Waals surface area contributed by atoms with Crippen LogP contribution in [0.1, 0.15) is 36.6 Å². The number of aromatic nitrogens is 1. The van der Waals surface area contributed by atoms with Crippen LogP contribution in [0.15, 0.2) is 72.6 Å². The number of ether oxygens (including phenoxy) is 2. The lowest BCUT2D eigenvalue weighted by molar-refractivity contribution is -0.132. The maximum atomic E-state index is 13.3. The number of ketones is 1. The molecule has 0 saturated carbocycles. The van der Waals surface area contributed by atoms with Gasteiger partial charge in [-0.25, -0.2) is 0 Å². The number of carbonyl (C=O) groups excluding carboxylic acids is 2. The highest BCUT2D eigenvalue weighted by Gasteiger charge is 2.47. The molecule has 1 aromatic heterocycles. The highest BCUT2D eigenvalue weighted by Crippen LogP contribution is 2.44. The Bertz CT molecular complexity index is 1250. The number of pyridine rings is 1. The minimum absolute atomic E-state index is 0.0219. The average Bonchev–Trinajstić information content (AvgIpc) is 3.10. The van der Waals surface area contributed by atoms with Gasteiger partial charge in [0.25, 0.3) is 11.7 Å². The van der Waals surface area contributed by atoms with Gasteiger partial charge in [0.05, 0.1) is 30.4 Å². The summed E-state index contributed by atoms with van der Waals surface area (Å²) in [7, 11) is 0. The van der Waals surface area contributed by atoms with E-state index in [0.29, 0.717) is 41.5 Å². The maximum absolute atomic E-state index is 13.3. The third-order valence-electron chi connectivity index (χ3n) is 5.64. The van der Waals surface area contributed by atoms with Crippen LogP contribution in [0.4, 0.5) is 5.69 Å². The van der Waals surface area contributed by atoms with E-state index in [2.05, 4.69) is 4.98 Å². The second kappa shape index (κ2) is 9.79. The molecule has 1 unspecified atom stereocenters. The molecule has 1 amide bonds. The van der Waals surface area contributed by atoms with Crippen LogP contribution in [0, 0.1) is 6.92 Å². The first-order valence-corrected chi connectivity index (χ1v) is 11.1. The Hall–Kier alpha value is -4.13. The molecule has 7 nitrogen and oxygen atoms in total. The van der Waals surface area contributed by atoms with E-state index in [1.807, 2.05) is 39.0 Å². The van der Waals surface area contributed by atoms with Crippen molar-refractivity contribution in [1.82, 2.24) is 4.98 Å². The van der Waals surface area contributed by atoms with Crippen LogP contribution >= 0.6 is 0 Å². The van der Waals surface area contributed by atoms with Crippen LogP contribution in [-0.4, -0.2) is 35.0 Å². The third-order valence-corrected chi connectivity index (χ3v) is 5.64. The highest BCUT2D eigenvalue weighted by molar-refractivity contribution is 6.51. The number of rotatable bonds is 7. The third kappa shape index (κ3) is 4.12. The predicted octanol–water partition coefficient (Wildman–Crippen LogP) is 4.81. The minimum atomic E-state index is -0.851. The van der Waals surface area contributed by atoms with E-state index in [1.54, 1.807) is 48.8 Å². The van der Waals surface area contributed by atoms with E-state index in [1.165, 1.54) is 4.90 Å². The first-order chi connectivity index (χ1) is 16.5. The fourth-order valence-corrected chi connectivity index (χ4v) is 4.14. The lowest BCUT2D eigenvalue weighted by atomic mass is 9.95. The molecule has 1 aliphatic rings. The Morgan fingerprint density at radius 1 is 1.03 bits per heavy atom. The molecule has 0 bridgehead atoms. The Labute approximate surface area is 198 Å². The molecule has 2 heterocycles. The summed E-state index contributed by atoms with van der Waals surface area (Å²) in [6.07, 6.45) is 3.21. The molecule has 1 fully saturated rings. The van der Waals surface area contributed by atoms with Gasteiger partial charge in [-0.1, -0.05) is 24.3 Å². The van der Waals surface area contributed by atoms with E-state index < -0.39 is 17.7 Å². The zero-order valence-electron chi connectivity index (χ0n) is 19.3. The molecular formula is C27H26N2O5. The molecule has 174 valence electrons. The smallest absolute Gasteiger partial charge is 0.300 e. The summed E-state index contributed by atoms with van der Waals surface area (Å²) in [6, 6.07) is 15.0. The lowest BCUT2D eigenvalue weighted by Gasteiger charge is -2.26. The Kier molecular flexibility index (Phi) is 6.63. The molecule has 0 spiro atoms. The minimum Gasteiger partial charge on any atom is -0.507 e. The van der Waals surface area contributed by atoms with Crippen molar-refractivity contribution in [2.45, 2.75) is 26.8 Å². The topological polar surface area (TPSA) is 89.0 Å². The number of nitrogens with zero attached hydrogens (tertiary/aromatic N) is 2. The number of aliphatic hydroxyl groups excluding tert-OH is 1. The number of anilines is 1.